The van der Waals surface area contributed by atoms with E-state index in [0.717, 1.165) is 0 Å². The van der Waals surface area contributed by atoms with Crippen LogP contribution in [-0.4, -0.2) is 55.1 Å². The molecule has 7 nitrogen and oxygen atoms in total. The first kappa shape index (κ1) is 28.2. The molecular formula is C30H44O7. The minimum atomic E-state index is -1.95. The first-order valence-electron chi connectivity index (χ1n) is 13.5. The Morgan fingerprint density at radius 2 is 1.62 bits per heavy atom. The maximum atomic E-state index is 14.2. The molecule has 0 spiro atoms. The second-order valence-corrected chi connectivity index (χ2v) is 14.3. The average molecular weight is 517 g/mol. The zero-order chi connectivity index (χ0) is 28.1. The lowest BCUT2D eigenvalue weighted by Crippen LogP contribution is -2.66. The molecular weight excluding hydrogens is 472 g/mol. The predicted octanol–water partition coefficient (Wildman–Crippen LogP) is 3.70. The van der Waals surface area contributed by atoms with Crippen LogP contribution in [0.15, 0.2) is 24.0 Å². The summed E-state index contributed by atoms with van der Waals surface area (Å²) < 4.78 is 0. The molecule has 0 radical (unpaired) electrons. The maximum Gasteiger partial charge on any atom is 0.202 e. The molecule has 206 valence electrons. The zero-order valence-corrected chi connectivity index (χ0v) is 23.5. The Hall–Kier alpha value is -1.83. The van der Waals surface area contributed by atoms with Crippen molar-refractivity contribution in [2.75, 3.05) is 0 Å². The van der Waals surface area contributed by atoms with E-state index in [1.165, 1.54) is 32.9 Å². The van der Waals surface area contributed by atoms with Crippen LogP contribution in [0.25, 0.3) is 0 Å². The Bertz CT molecular complexity index is 1090. The van der Waals surface area contributed by atoms with Crippen molar-refractivity contribution in [3.63, 3.8) is 0 Å². The van der Waals surface area contributed by atoms with Gasteiger partial charge < -0.3 is 20.4 Å². The fourth-order valence-electron chi connectivity index (χ4n) is 9.22. The Morgan fingerprint density at radius 3 is 2.19 bits per heavy atom. The van der Waals surface area contributed by atoms with E-state index in [-0.39, 0.29) is 41.5 Å². The summed E-state index contributed by atoms with van der Waals surface area (Å²) in [7, 11) is 0. The summed E-state index contributed by atoms with van der Waals surface area (Å²) in [5.41, 5.74) is -6.28. The van der Waals surface area contributed by atoms with Gasteiger partial charge in [0.15, 0.2) is 11.5 Å². The van der Waals surface area contributed by atoms with Gasteiger partial charge in [-0.25, -0.2) is 0 Å². The highest BCUT2D eigenvalue weighted by atomic mass is 16.3. The molecule has 4 aliphatic rings. The SMILES string of the molecule is CC(C)(O)/C=C/C(=O)[C@](C)(O)[C@H]1C(O)C[C@@]2(C)[C@@H]3CCC4[C@@H](C=C(O)C(=O)C4(C)C)[C@]3(C)C(=O)C[C@]12C. The van der Waals surface area contributed by atoms with E-state index in [2.05, 4.69) is 6.92 Å². The van der Waals surface area contributed by atoms with Gasteiger partial charge in [-0.3, -0.25) is 14.4 Å². The van der Waals surface area contributed by atoms with Gasteiger partial charge in [-0.05, 0) is 80.8 Å². The summed E-state index contributed by atoms with van der Waals surface area (Å²) in [6.07, 6.45) is 4.86. The van der Waals surface area contributed by atoms with Crippen LogP contribution in [0.5, 0.6) is 0 Å². The Morgan fingerprint density at radius 1 is 1.03 bits per heavy atom. The van der Waals surface area contributed by atoms with Gasteiger partial charge in [0.1, 0.15) is 11.4 Å². The molecule has 37 heavy (non-hydrogen) atoms. The van der Waals surface area contributed by atoms with Gasteiger partial charge in [0, 0.05) is 23.2 Å². The summed E-state index contributed by atoms with van der Waals surface area (Å²) in [6.45, 7) is 14.1. The minimum Gasteiger partial charge on any atom is -0.505 e. The fourth-order valence-corrected chi connectivity index (χ4v) is 9.22. The summed E-state index contributed by atoms with van der Waals surface area (Å²) in [5, 5.41) is 43.6. The van der Waals surface area contributed by atoms with Gasteiger partial charge in [-0.2, -0.15) is 0 Å². The molecule has 0 saturated heterocycles. The quantitative estimate of drug-likeness (QED) is 0.419. The number of rotatable bonds is 4. The number of carbonyl (C=O) groups is 3. The number of hydrogen-bond donors (Lipinski definition) is 4. The van der Waals surface area contributed by atoms with Crippen molar-refractivity contribution < 1.29 is 34.8 Å². The zero-order valence-electron chi connectivity index (χ0n) is 23.5. The molecule has 2 unspecified atom stereocenters. The molecule has 0 heterocycles. The molecule has 4 aliphatic carbocycles. The van der Waals surface area contributed by atoms with Crippen LogP contribution in [0.3, 0.4) is 0 Å². The molecule has 0 aliphatic heterocycles. The van der Waals surface area contributed by atoms with Crippen molar-refractivity contribution in [3.05, 3.63) is 24.0 Å². The van der Waals surface area contributed by atoms with Crippen LogP contribution < -0.4 is 0 Å². The van der Waals surface area contributed by atoms with Crippen molar-refractivity contribution >= 4 is 17.3 Å². The second-order valence-electron chi connectivity index (χ2n) is 14.3. The van der Waals surface area contributed by atoms with Gasteiger partial charge >= 0.3 is 0 Å². The Balaban J connectivity index is 1.79. The van der Waals surface area contributed by atoms with Crippen molar-refractivity contribution in [1.29, 1.82) is 0 Å². The average Bonchev–Trinajstić information content (AvgIpc) is 2.96. The molecule has 0 aromatic rings. The summed E-state index contributed by atoms with van der Waals surface area (Å²) in [6, 6.07) is 0. The standard InChI is InChI=1S/C30H44O7/c1-25(2,36)12-11-21(33)30(8,37)23-19(32)14-27(5)20-10-9-16-17(13-18(31)24(35)26(16,3)4)29(20,7)22(34)15-28(23,27)6/h11-13,16-17,19-20,23,31-32,36-37H,9-10,14-15H2,1-8H3/b12-11+/t16?,17-,19?,20+,23+,27+,28-,29+,30+/m1/s1. The molecule has 0 aromatic carbocycles. The number of ketones is 3. The number of aliphatic hydroxyl groups is 4. The van der Waals surface area contributed by atoms with Crippen LogP contribution in [-0.2, 0) is 14.4 Å². The van der Waals surface area contributed by atoms with Gasteiger partial charge in [0.05, 0.1) is 11.7 Å². The monoisotopic (exact) mass is 516 g/mol. The third-order valence-electron chi connectivity index (χ3n) is 11.4. The topological polar surface area (TPSA) is 132 Å². The van der Waals surface area contributed by atoms with Gasteiger partial charge in [-0.1, -0.05) is 40.7 Å². The van der Waals surface area contributed by atoms with Crippen molar-refractivity contribution in [2.45, 2.75) is 98.4 Å². The minimum absolute atomic E-state index is 0.0178. The summed E-state index contributed by atoms with van der Waals surface area (Å²) in [5.74, 6) is -2.67. The van der Waals surface area contributed by atoms with Crippen LogP contribution in [0, 0.1) is 45.3 Å². The number of aliphatic hydroxyl groups excluding tert-OH is 2. The second kappa shape index (κ2) is 8.09. The Labute approximate surface area is 220 Å². The number of allylic oxidation sites excluding steroid dienone is 2. The van der Waals surface area contributed by atoms with Crippen LogP contribution in [0.2, 0.25) is 0 Å². The molecule has 4 N–H and O–H groups in total. The largest absolute Gasteiger partial charge is 0.505 e. The van der Waals surface area contributed by atoms with E-state index in [9.17, 15) is 34.8 Å². The van der Waals surface area contributed by atoms with Gasteiger partial charge in [0.25, 0.3) is 0 Å². The highest BCUT2D eigenvalue weighted by molar-refractivity contribution is 5.99. The first-order chi connectivity index (χ1) is 16.7. The van der Waals surface area contributed by atoms with E-state index >= 15 is 0 Å². The van der Waals surface area contributed by atoms with E-state index in [0.29, 0.717) is 19.3 Å². The third-order valence-corrected chi connectivity index (χ3v) is 11.4. The van der Waals surface area contributed by atoms with E-state index in [4.69, 9.17) is 0 Å². The lowest BCUT2D eigenvalue weighted by molar-refractivity contribution is -0.193. The number of fused-ring (bicyclic) bond motifs is 5. The predicted molar refractivity (Wildman–Crippen MR) is 138 cm³/mol. The molecule has 3 fully saturated rings. The number of Topliss-reactive ketones (excluding diaryl/α,β-unsaturated/α-hetero) is 2. The molecule has 0 aromatic heterocycles. The number of carbonyl (C=O) groups excluding carboxylic acids is 3. The van der Waals surface area contributed by atoms with Crippen molar-refractivity contribution in [2.24, 2.45) is 45.3 Å². The van der Waals surface area contributed by atoms with Gasteiger partial charge in [-0.15, -0.1) is 0 Å². The highest BCUT2D eigenvalue weighted by Crippen LogP contribution is 2.74. The lowest BCUT2D eigenvalue weighted by Gasteiger charge is -2.65. The lowest BCUT2D eigenvalue weighted by atomic mass is 9.37. The first-order valence-corrected chi connectivity index (χ1v) is 13.5. The van der Waals surface area contributed by atoms with E-state index in [1.807, 2.05) is 27.7 Å². The molecule has 9 atom stereocenters. The molecule has 0 amide bonds. The fraction of sp³-hybridized carbons (Fsp3) is 0.767. The molecule has 7 heteroatoms. The smallest absolute Gasteiger partial charge is 0.202 e. The number of hydrogen-bond acceptors (Lipinski definition) is 7. The molecule has 4 rings (SSSR count). The van der Waals surface area contributed by atoms with Crippen LogP contribution in [0.4, 0.5) is 0 Å². The summed E-state index contributed by atoms with van der Waals surface area (Å²) in [4.78, 5) is 40.2. The maximum absolute atomic E-state index is 14.2. The van der Waals surface area contributed by atoms with Gasteiger partial charge in [0.2, 0.25) is 5.78 Å². The van der Waals surface area contributed by atoms with E-state index in [1.54, 1.807) is 6.08 Å². The van der Waals surface area contributed by atoms with E-state index < -0.39 is 50.7 Å². The molecule has 3 saturated carbocycles. The third kappa shape index (κ3) is 3.67. The summed E-state index contributed by atoms with van der Waals surface area (Å²) >= 11 is 0. The normalized spacial score (nSPS) is 45.1. The van der Waals surface area contributed by atoms with Crippen molar-refractivity contribution in [3.8, 4) is 0 Å². The van der Waals surface area contributed by atoms with Crippen LogP contribution >= 0.6 is 0 Å². The van der Waals surface area contributed by atoms with Crippen molar-refractivity contribution in [1.82, 2.24) is 0 Å². The highest BCUT2D eigenvalue weighted by Gasteiger charge is 2.75. The van der Waals surface area contributed by atoms with Crippen LogP contribution in [0.1, 0.15) is 81.1 Å². The Kier molecular flexibility index (Phi) is 6.16. The molecule has 0 bridgehead atoms.